The van der Waals surface area contributed by atoms with Crippen molar-refractivity contribution in [1.82, 2.24) is 0 Å². The summed E-state index contributed by atoms with van der Waals surface area (Å²) in [5, 5.41) is 10.8. The van der Waals surface area contributed by atoms with Crippen LogP contribution in [-0.4, -0.2) is 30.9 Å². The summed E-state index contributed by atoms with van der Waals surface area (Å²) in [6, 6.07) is 11.1. The maximum absolute atomic E-state index is 10.7. The summed E-state index contributed by atoms with van der Waals surface area (Å²) >= 11 is 0. The second-order valence-corrected chi connectivity index (χ2v) is 3.37. The van der Waals surface area contributed by atoms with Crippen molar-refractivity contribution in [2.24, 2.45) is 0 Å². The molecule has 0 saturated carbocycles. The zero-order chi connectivity index (χ0) is 10.1. The number of rotatable bonds is 1. The molecule has 0 heterocycles. The fourth-order valence-electron chi connectivity index (χ4n) is 1.50. The summed E-state index contributed by atoms with van der Waals surface area (Å²) < 4.78 is 0. The Morgan fingerprint density at radius 2 is 1.67 bits per heavy atom. The molecule has 0 saturated heterocycles. The SMILES string of the molecule is Cc1ccc2cc(C(=O)O)ccc2c1.[GaH3]. The molecule has 0 bridgehead atoms. The van der Waals surface area contributed by atoms with Crippen molar-refractivity contribution in [3.05, 3.63) is 47.5 Å². The number of aryl methyl sites for hydroxylation is 1. The van der Waals surface area contributed by atoms with Gasteiger partial charge in [0.05, 0.1) is 5.56 Å². The van der Waals surface area contributed by atoms with Gasteiger partial charge in [-0.05, 0) is 29.8 Å². The van der Waals surface area contributed by atoms with E-state index in [1.807, 2.05) is 31.2 Å². The minimum atomic E-state index is -0.882. The first-order valence-corrected chi connectivity index (χ1v) is 4.40. The molecular formula is C12H13GaO2. The molecule has 2 aromatic carbocycles. The van der Waals surface area contributed by atoms with E-state index in [0.717, 1.165) is 10.8 Å². The van der Waals surface area contributed by atoms with E-state index in [4.69, 9.17) is 5.11 Å². The van der Waals surface area contributed by atoms with Crippen LogP contribution < -0.4 is 0 Å². The van der Waals surface area contributed by atoms with Crippen LogP contribution in [0.3, 0.4) is 0 Å². The van der Waals surface area contributed by atoms with Crippen molar-refractivity contribution in [3.8, 4) is 0 Å². The Kier molecular flexibility index (Phi) is 3.60. The molecule has 15 heavy (non-hydrogen) atoms. The van der Waals surface area contributed by atoms with E-state index >= 15 is 0 Å². The van der Waals surface area contributed by atoms with Crippen LogP contribution in [0.25, 0.3) is 10.8 Å². The Hall–Kier alpha value is -1.19. The van der Waals surface area contributed by atoms with Crippen LogP contribution in [0.15, 0.2) is 36.4 Å². The van der Waals surface area contributed by atoms with Gasteiger partial charge in [0.15, 0.2) is 0 Å². The molecule has 2 nitrogen and oxygen atoms in total. The monoisotopic (exact) mass is 258 g/mol. The zero-order valence-corrected chi connectivity index (χ0v) is 7.82. The van der Waals surface area contributed by atoms with Crippen LogP contribution in [0.5, 0.6) is 0 Å². The molecule has 0 spiro atoms. The summed E-state index contributed by atoms with van der Waals surface area (Å²) in [6.45, 7) is 2.02. The van der Waals surface area contributed by atoms with Crippen molar-refractivity contribution in [2.45, 2.75) is 6.92 Å². The molecular weight excluding hydrogens is 246 g/mol. The second-order valence-electron chi connectivity index (χ2n) is 3.37. The Morgan fingerprint density at radius 3 is 2.33 bits per heavy atom. The molecule has 0 fully saturated rings. The number of hydrogen-bond acceptors (Lipinski definition) is 1. The van der Waals surface area contributed by atoms with Crippen molar-refractivity contribution in [3.63, 3.8) is 0 Å². The van der Waals surface area contributed by atoms with Crippen LogP contribution in [0, 0.1) is 6.92 Å². The first kappa shape index (κ1) is 11.9. The molecule has 0 aliphatic heterocycles. The van der Waals surface area contributed by atoms with Gasteiger partial charge in [0, 0.05) is 0 Å². The fourth-order valence-corrected chi connectivity index (χ4v) is 1.50. The summed E-state index contributed by atoms with van der Waals surface area (Å²) in [4.78, 5) is 10.7. The number of carboxylic acid groups (broad SMARTS) is 1. The van der Waals surface area contributed by atoms with Gasteiger partial charge in [0.1, 0.15) is 0 Å². The van der Waals surface area contributed by atoms with Gasteiger partial charge in [-0.3, -0.25) is 0 Å². The number of carboxylic acids is 1. The van der Waals surface area contributed by atoms with Gasteiger partial charge < -0.3 is 5.11 Å². The maximum atomic E-state index is 10.7. The van der Waals surface area contributed by atoms with Crippen molar-refractivity contribution < 1.29 is 9.90 Å². The van der Waals surface area contributed by atoms with Crippen molar-refractivity contribution >= 4 is 36.5 Å². The van der Waals surface area contributed by atoms with E-state index < -0.39 is 5.97 Å². The molecule has 0 atom stereocenters. The van der Waals surface area contributed by atoms with E-state index in [1.165, 1.54) is 5.56 Å². The molecule has 0 aromatic heterocycles. The molecule has 76 valence electrons. The molecule has 0 radical (unpaired) electrons. The zero-order valence-electron chi connectivity index (χ0n) is 7.82. The molecule has 0 aliphatic carbocycles. The van der Waals surface area contributed by atoms with Gasteiger partial charge in [-0.25, -0.2) is 4.79 Å². The summed E-state index contributed by atoms with van der Waals surface area (Å²) in [7, 11) is 0. The second kappa shape index (κ2) is 4.55. The average molecular weight is 259 g/mol. The molecule has 2 rings (SSSR count). The summed E-state index contributed by atoms with van der Waals surface area (Å²) in [5.41, 5.74) is 1.52. The van der Waals surface area contributed by atoms with Crippen molar-refractivity contribution in [1.29, 1.82) is 0 Å². The number of fused-ring (bicyclic) bond motifs is 1. The van der Waals surface area contributed by atoms with Gasteiger partial charge in [-0.2, -0.15) is 0 Å². The van der Waals surface area contributed by atoms with Crippen LogP contribution in [0.4, 0.5) is 0 Å². The van der Waals surface area contributed by atoms with Crippen LogP contribution in [0.1, 0.15) is 15.9 Å². The van der Waals surface area contributed by atoms with Gasteiger partial charge in [-0.1, -0.05) is 29.8 Å². The number of aromatic carboxylic acids is 1. The van der Waals surface area contributed by atoms with E-state index in [-0.39, 0.29) is 19.8 Å². The topological polar surface area (TPSA) is 37.3 Å². The number of hydrogen-bond donors (Lipinski definition) is 1. The Morgan fingerprint density at radius 1 is 1.07 bits per heavy atom. The van der Waals surface area contributed by atoms with Crippen LogP contribution in [0.2, 0.25) is 0 Å². The van der Waals surface area contributed by atoms with Gasteiger partial charge >= 0.3 is 25.8 Å². The first-order chi connectivity index (χ1) is 6.66. The molecule has 3 heteroatoms. The standard InChI is InChI=1S/C12H10O2.Ga.3H/c1-8-2-3-10-7-11(12(13)14)5-4-9(10)6-8;;;;/h2-7H,1H3,(H,13,14);;;;. The van der Waals surface area contributed by atoms with E-state index in [0.29, 0.717) is 5.56 Å². The van der Waals surface area contributed by atoms with Crippen molar-refractivity contribution in [2.75, 3.05) is 0 Å². The molecule has 2 aromatic rings. The van der Waals surface area contributed by atoms with E-state index in [9.17, 15) is 4.79 Å². The third-order valence-corrected chi connectivity index (χ3v) is 2.24. The van der Waals surface area contributed by atoms with Crippen LogP contribution >= 0.6 is 0 Å². The van der Waals surface area contributed by atoms with E-state index in [1.54, 1.807) is 12.1 Å². The summed E-state index contributed by atoms with van der Waals surface area (Å²) in [6.07, 6.45) is 0. The third-order valence-electron chi connectivity index (χ3n) is 2.24. The first-order valence-electron chi connectivity index (χ1n) is 4.40. The quantitative estimate of drug-likeness (QED) is 0.791. The summed E-state index contributed by atoms with van der Waals surface area (Å²) in [5.74, 6) is -0.882. The Labute approximate surface area is 101 Å². The molecule has 0 amide bonds. The number of benzene rings is 2. The normalized spacial score (nSPS) is 9.67. The number of carbonyl (C=O) groups is 1. The molecule has 0 unspecified atom stereocenters. The van der Waals surface area contributed by atoms with Gasteiger partial charge in [0.2, 0.25) is 0 Å². The predicted molar refractivity (Wildman–Crippen MR) is 65.6 cm³/mol. The Bertz CT molecular complexity index is 506. The average Bonchev–Trinajstić information content (AvgIpc) is 2.16. The predicted octanol–water partition coefficient (Wildman–Crippen LogP) is 1.66. The van der Waals surface area contributed by atoms with Gasteiger partial charge in [-0.15, -0.1) is 0 Å². The molecule has 0 aliphatic rings. The Balaban J connectivity index is 0.00000112. The third kappa shape index (κ3) is 2.43. The minimum absolute atomic E-state index is 0. The fraction of sp³-hybridized carbons (Fsp3) is 0.0833. The van der Waals surface area contributed by atoms with E-state index in [2.05, 4.69) is 0 Å². The molecule has 1 N–H and O–H groups in total. The van der Waals surface area contributed by atoms with Gasteiger partial charge in [0.25, 0.3) is 0 Å². The van der Waals surface area contributed by atoms with Crippen LogP contribution in [-0.2, 0) is 0 Å².